The van der Waals surface area contributed by atoms with Gasteiger partial charge in [0.25, 0.3) is 0 Å². The van der Waals surface area contributed by atoms with Gasteiger partial charge in [0.1, 0.15) is 11.6 Å². The minimum absolute atomic E-state index is 0.129. The molecule has 0 aliphatic rings. The summed E-state index contributed by atoms with van der Waals surface area (Å²) in [7, 11) is 0. The third kappa shape index (κ3) is 5.79. The summed E-state index contributed by atoms with van der Waals surface area (Å²) < 4.78 is 12.9. The first-order chi connectivity index (χ1) is 13.1. The van der Waals surface area contributed by atoms with Crippen molar-refractivity contribution in [1.29, 1.82) is 0 Å². The van der Waals surface area contributed by atoms with Crippen LogP contribution < -0.4 is 5.32 Å². The van der Waals surface area contributed by atoms with E-state index in [0.29, 0.717) is 17.5 Å². The molecule has 0 fully saturated rings. The van der Waals surface area contributed by atoms with Gasteiger partial charge in [0.05, 0.1) is 5.25 Å². The second-order valence-corrected chi connectivity index (χ2v) is 7.16. The predicted molar refractivity (Wildman–Crippen MR) is 105 cm³/mol. The molecule has 1 unspecified atom stereocenters. The van der Waals surface area contributed by atoms with E-state index in [1.54, 1.807) is 19.1 Å². The summed E-state index contributed by atoms with van der Waals surface area (Å²) in [5.74, 6) is 0.200. The van der Waals surface area contributed by atoms with Crippen LogP contribution in [0.1, 0.15) is 23.9 Å². The van der Waals surface area contributed by atoms with Gasteiger partial charge in [-0.1, -0.05) is 60.3 Å². The SMILES string of the molecule is CC(Sc1n[nH]c(/C=C/c2ccccc2)n1)C(=O)NCc1ccc(F)cc1. The molecular weight excluding hydrogens is 363 g/mol. The lowest BCUT2D eigenvalue weighted by Crippen LogP contribution is -2.30. The number of thioether (sulfide) groups is 1. The average molecular weight is 382 g/mol. The summed E-state index contributed by atoms with van der Waals surface area (Å²) in [6.45, 7) is 2.14. The van der Waals surface area contributed by atoms with E-state index in [0.717, 1.165) is 11.1 Å². The van der Waals surface area contributed by atoms with E-state index in [1.807, 2.05) is 42.5 Å². The molecule has 3 aromatic rings. The number of hydrogen-bond donors (Lipinski definition) is 2. The summed E-state index contributed by atoms with van der Waals surface area (Å²) in [6.07, 6.45) is 3.78. The molecule has 0 saturated carbocycles. The van der Waals surface area contributed by atoms with Crippen molar-refractivity contribution in [3.05, 3.63) is 77.4 Å². The molecule has 0 radical (unpaired) electrons. The molecule has 0 aliphatic heterocycles. The Morgan fingerprint density at radius 1 is 1.19 bits per heavy atom. The van der Waals surface area contributed by atoms with Gasteiger partial charge in [-0.3, -0.25) is 9.89 Å². The van der Waals surface area contributed by atoms with E-state index < -0.39 is 0 Å². The lowest BCUT2D eigenvalue weighted by atomic mass is 10.2. The van der Waals surface area contributed by atoms with Crippen LogP contribution in [0, 0.1) is 5.82 Å². The third-order valence-corrected chi connectivity index (χ3v) is 4.71. The van der Waals surface area contributed by atoms with Crippen LogP contribution in [0.15, 0.2) is 59.8 Å². The molecule has 0 aliphatic carbocycles. The first-order valence-corrected chi connectivity index (χ1v) is 9.32. The van der Waals surface area contributed by atoms with Gasteiger partial charge in [-0.15, -0.1) is 5.10 Å². The Kier molecular flexibility index (Phi) is 6.38. The molecule has 138 valence electrons. The fraction of sp³-hybridized carbons (Fsp3) is 0.150. The molecule has 1 atom stereocenters. The number of carbonyl (C=O) groups is 1. The maximum Gasteiger partial charge on any atom is 0.233 e. The second kappa shape index (κ2) is 9.14. The second-order valence-electron chi connectivity index (χ2n) is 5.85. The molecule has 0 saturated heterocycles. The Hall–Kier alpha value is -2.93. The van der Waals surface area contributed by atoms with Crippen LogP contribution in [0.5, 0.6) is 0 Å². The average Bonchev–Trinajstić information content (AvgIpc) is 3.14. The summed E-state index contributed by atoms with van der Waals surface area (Å²) >= 11 is 1.27. The van der Waals surface area contributed by atoms with Crippen molar-refractivity contribution < 1.29 is 9.18 Å². The monoisotopic (exact) mass is 382 g/mol. The van der Waals surface area contributed by atoms with Gasteiger partial charge >= 0.3 is 0 Å². The number of hydrogen-bond acceptors (Lipinski definition) is 4. The minimum atomic E-state index is -0.354. The van der Waals surface area contributed by atoms with Gasteiger partial charge in [0, 0.05) is 6.54 Å². The molecule has 0 spiro atoms. The molecule has 0 bridgehead atoms. The molecule has 27 heavy (non-hydrogen) atoms. The quantitative estimate of drug-likeness (QED) is 0.608. The molecule has 1 aromatic heterocycles. The Morgan fingerprint density at radius 3 is 2.67 bits per heavy atom. The smallest absolute Gasteiger partial charge is 0.233 e. The molecule has 2 aromatic carbocycles. The van der Waals surface area contributed by atoms with Crippen LogP contribution in [0.2, 0.25) is 0 Å². The Morgan fingerprint density at radius 2 is 1.93 bits per heavy atom. The fourth-order valence-corrected chi connectivity index (χ4v) is 3.03. The van der Waals surface area contributed by atoms with Crippen LogP contribution in [0.4, 0.5) is 4.39 Å². The molecule has 1 amide bonds. The highest BCUT2D eigenvalue weighted by Gasteiger charge is 2.16. The highest BCUT2D eigenvalue weighted by Crippen LogP contribution is 2.19. The van der Waals surface area contributed by atoms with Crippen molar-refractivity contribution in [2.24, 2.45) is 0 Å². The largest absolute Gasteiger partial charge is 0.351 e. The third-order valence-electron chi connectivity index (χ3n) is 3.75. The Balaban J connectivity index is 1.50. The number of nitrogens with one attached hydrogen (secondary N) is 2. The maximum atomic E-state index is 12.9. The molecule has 7 heteroatoms. The van der Waals surface area contributed by atoms with Gasteiger partial charge in [-0.25, -0.2) is 9.37 Å². The number of benzene rings is 2. The number of carbonyl (C=O) groups excluding carboxylic acids is 1. The molecular formula is C20H19FN4OS. The van der Waals surface area contributed by atoms with Crippen molar-refractivity contribution in [2.75, 3.05) is 0 Å². The summed E-state index contributed by atoms with van der Waals surface area (Å²) in [6, 6.07) is 15.9. The zero-order valence-corrected chi connectivity index (χ0v) is 15.5. The van der Waals surface area contributed by atoms with E-state index >= 15 is 0 Å². The number of H-pyrrole nitrogens is 1. The summed E-state index contributed by atoms with van der Waals surface area (Å²) in [4.78, 5) is 16.6. The number of rotatable bonds is 7. The zero-order chi connectivity index (χ0) is 19.1. The van der Waals surface area contributed by atoms with Gasteiger partial charge in [0.2, 0.25) is 11.1 Å². The number of nitrogens with zero attached hydrogens (tertiary/aromatic N) is 2. The van der Waals surface area contributed by atoms with E-state index in [-0.39, 0.29) is 17.0 Å². The molecule has 3 rings (SSSR count). The number of amides is 1. The van der Waals surface area contributed by atoms with E-state index in [1.165, 1.54) is 23.9 Å². The number of aromatic amines is 1. The standard InChI is InChI=1S/C20H19FN4OS/c1-14(19(26)22-13-16-7-10-17(21)11-8-16)27-20-23-18(24-25-20)12-9-15-5-3-2-4-6-15/h2-12,14H,13H2,1H3,(H,22,26)(H,23,24,25)/b12-9+. The van der Waals surface area contributed by atoms with Crippen LogP contribution in [0.25, 0.3) is 12.2 Å². The fourth-order valence-electron chi connectivity index (χ4n) is 2.27. The highest BCUT2D eigenvalue weighted by molar-refractivity contribution is 8.00. The van der Waals surface area contributed by atoms with E-state index in [9.17, 15) is 9.18 Å². The topological polar surface area (TPSA) is 70.7 Å². The van der Waals surface area contributed by atoms with E-state index in [4.69, 9.17) is 0 Å². The van der Waals surface area contributed by atoms with Crippen molar-refractivity contribution in [3.63, 3.8) is 0 Å². The van der Waals surface area contributed by atoms with Crippen LogP contribution >= 0.6 is 11.8 Å². The normalized spacial score (nSPS) is 12.2. The molecule has 5 nitrogen and oxygen atoms in total. The summed E-state index contributed by atoms with van der Waals surface area (Å²) in [5.41, 5.74) is 1.91. The number of halogens is 1. The lowest BCUT2D eigenvalue weighted by molar-refractivity contribution is -0.120. The highest BCUT2D eigenvalue weighted by atomic mass is 32.2. The Labute approximate surface area is 161 Å². The first-order valence-electron chi connectivity index (χ1n) is 8.44. The van der Waals surface area contributed by atoms with Crippen molar-refractivity contribution in [3.8, 4) is 0 Å². The lowest BCUT2D eigenvalue weighted by Gasteiger charge is -2.10. The zero-order valence-electron chi connectivity index (χ0n) is 14.7. The summed E-state index contributed by atoms with van der Waals surface area (Å²) in [5, 5.41) is 9.96. The minimum Gasteiger partial charge on any atom is -0.351 e. The van der Waals surface area contributed by atoms with Crippen molar-refractivity contribution >= 4 is 29.8 Å². The van der Waals surface area contributed by atoms with Gasteiger partial charge in [-0.2, -0.15) is 0 Å². The number of aromatic nitrogens is 3. The van der Waals surface area contributed by atoms with Gasteiger partial charge in [-0.05, 0) is 36.3 Å². The van der Waals surface area contributed by atoms with Crippen LogP contribution in [-0.2, 0) is 11.3 Å². The molecule has 1 heterocycles. The van der Waals surface area contributed by atoms with Gasteiger partial charge < -0.3 is 5.32 Å². The maximum absolute atomic E-state index is 12.9. The van der Waals surface area contributed by atoms with E-state index in [2.05, 4.69) is 20.5 Å². The Bertz CT molecular complexity index is 909. The first kappa shape index (κ1) is 18.8. The van der Waals surface area contributed by atoms with Crippen LogP contribution in [-0.4, -0.2) is 26.3 Å². The molecule has 2 N–H and O–H groups in total. The van der Waals surface area contributed by atoms with Crippen molar-refractivity contribution in [1.82, 2.24) is 20.5 Å². The van der Waals surface area contributed by atoms with Crippen molar-refractivity contribution in [2.45, 2.75) is 23.9 Å². The van der Waals surface area contributed by atoms with Gasteiger partial charge in [0.15, 0.2) is 0 Å². The predicted octanol–water partition coefficient (Wildman–Crippen LogP) is 3.91. The van der Waals surface area contributed by atoms with Crippen LogP contribution in [0.3, 0.4) is 0 Å².